The molecule has 0 unspecified atom stereocenters. The number of carbonyl (C=O) groups is 1. The van der Waals surface area contributed by atoms with Gasteiger partial charge in [0.15, 0.2) is 0 Å². The van der Waals surface area contributed by atoms with Crippen molar-refractivity contribution in [3.05, 3.63) is 36.3 Å². The van der Waals surface area contributed by atoms with Gasteiger partial charge in [-0.05, 0) is 31.9 Å². The van der Waals surface area contributed by atoms with Crippen molar-refractivity contribution in [1.82, 2.24) is 20.3 Å². The Morgan fingerprint density at radius 3 is 2.65 bits per heavy atom. The molecule has 138 valence electrons. The molecule has 0 atom stereocenters. The van der Waals surface area contributed by atoms with Gasteiger partial charge in [-0.15, -0.1) is 0 Å². The van der Waals surface area contributed by atoms with Gasteiger partial charge in [0, 0.05) is 31.3 Å². The second kappa shape index (κ2) is 9.12. The van der Waals surface area contributed by atoms with Crippen LogP contribution in [0.3, 0.4) is 0 Å². The van der Waals surface area contributed by atoms with Crippen molar-refractivity contribution in [2.45, 2.75) is 39.0 Å². The molecule has 1 aliphatic rings. The maximum absolute atomic E-state index is 12.1. The summed E-state index contributed by atoms with van der Waals surface area (Å²) >= 11 is 0. The zero-order valence-electron chi connectivity index (χ0n) is 15.2. The predicted octanol–water partition coefficient (Wildman–Crippen LogP) is 3.03. The molecule has 0 aliphatic heterocycles. The average Bonchev–Trinajstić information content (AvgIpc) is 2.66. The van der Waals surface area contributed by atoms with Crippen LogP contribution in [0.1, 0.15) is 37.9 Å². The summed E-state index contributed by atoms with van der Waals surface area (Å²) < 4.78 is 0. The van der Waals surface area contributed by atoms with Gasteiger partial charge in [0.25, 0.3) is 0 Å². The summed E-state index contributed by atoms with van der Waals surface area (Å²) in [5.74, 6) is 3.19. The first kappa shape index (κ1) is 18.1. The van der Waals surface area contributed by atoms with Crippen molar-refractivity contribution in [1.29, 1.82) is 0 Å². The summed E-state index contributed by atoms with van der Waals surface area (Å²) in [5, 5.41) is 9.43. The lowest BCUT2D eigenvalue weighted by Gasteiger charge is -2.20. The third-order valence-corrected chi connectivity index (χ3v) is 4.47. The van der Waals surface area contributed by atoms with Crippen LogP contribution < -0.4 is 16.0 Å². The molecule has 3 rings (SSSR count). The van der Waals surface area contributed by atoms with Gasteiger partial charge in [-0.3, -0.25) is 4.79 Å². The van der Waals surface area contributed by atoms with E-state index < -0.39 is 0 Å². The Labute approximate surface area is 154 Å². The molecule has 2 heterocycles. The average molecular weight is 354 g/mol. The van der Waals surface area contributed by atoms with Crippen LogP contribution in [-0.4, -0.2) is 33.9 Å². The molecule has 3 N–H and O–H groups in total. The number of rotatable bonds is 7. The number of hydrogen-bond donors (Lipinski definition) is 3. The normalized spacial score (nSPS) is 14.7. The molecule has 0 bridgehead atoms. The Bertz CT molecular complexity index is 715. The SMILES string of the molecule is Cc1nc(NCCNC(=O)C2CCCCC2)cc(Nc2ccccn2)n1. The molecule has 26 heavy (non-hydrogen) atoms. The lowest BCUT2D eigenvalue weighted by Crippen LogP contribution is -2.35. The number of nitrogens with zero attached hydrogens (tertiary/aromatic N) is 3. The molecule has 0 radical (unpaired) electrons. The molecule has 1 fully saturated rings. The smallest absolute Gasteiger partial charge is 0.223 e. The summed E-state index contributed by atoms with van der Waals surface area (Å²) in [4.78, 5) is 25.1. The maximum atomic E-state index is 12.1. The van der Waals surface area contributed by atoms with Crippen LogP contribution in [0.4, 0.5) is 17.5 Å². The van der Waals surface area contributed by atoms with Gasteiger partial charge in [-0.25, -0.2) is 15.0 Å². The minimum absolute atomic E-state index is 0.183. The standard InChI is InChI=1S/C19H26N6O/c1-14-23-17(13-18(24-14)25-16-9-5-6-10-20-16)21-11-12-22-19(26)15-7-3-2-4-8-15/h5-6,9-10,13,15H,2-4,7-8,11-12H2,1H3,(H,22,26)(H2,20,21,23,24,25). The van der Waals surface area contributed by atoms with Crippen molar-refractivity contribution in [2.75, 3.05) is 23.7 Å². The number of aryl methyl sites for hydroxylation is 1. The van der Waals surface area contributed by atoms with Gasteiger partial charge in [-0.2, -0.15) is 0 Å². The van der Waals surface area contributed by atoms with E-state index in [0.717, 1.165) is 24.5 Å². The van der Waals surface area contributed by atoms with E-state index in [0.29, 0.717) is 24.7 Å². The minimum atomic E-state index is 0.183. The molecular weight excluding hydrogens is 328 g/mol. The highest BCUT2D eigenvalue weighted by atomic mass is 16.1. The van der Waals surface area contributed by atoms with Crippen molar-refractivity contribution in [3.63, 3.8) is 0 Å². The van der Waals surface area contributed by atoms with Gasteiger partial charge in [0.2, 0.25) is 5.91 Å². The lowest BCUT2D eigenvalue weighted by atomic mass is 9.89. The van der Waals surface area contributed by atoms with Crippen molar-refractivity contribution >= 4 is 23.4 Å². The molecule has 0 saturated heterocycles. The number of hydrogen-bond acceptors (Lipinski definition) is 6. The van der Waals surface area contributed by atoms with Crippen LogP contribution in [0.5, 0.6) is 0 Å². The third-order valence-electron chi connectivity index (χ3n) is 4.47. The number of carbonyl (C=O) groups excluding carboxylic acids is 1. The van der Waals surface area contributed by atoms with E-state index in [1.165, 1.54) is 19.3 Å². The van der Waals surface area contributed by atoms with E-state index in [1.54, 1.807) is 6.20 Å². The first-order valence-corrected chi connectivity index (χ1v) is 9.26. The van der Waals surface area contributed by atoms with E-state index >= 15 is 0 Å². The van der Waals surface area contributed by atoms with E-state index in [-0.39, 0.29) is 11.8 Å². The second-order valence-electron chi connectivity index (χ2n) is 6.58. The Kier molecular flexibility index (Phi) is 6.35. The first-order valence-electron chi connectivity index (χ1n) is 9.26. The first-order chi connectivity index (χ1) is 12.7. The molecular formula is C19H26N6O. The van der Waals surface area contributed by atoms with Crippen molar-refractivity contribution in [3.8, 4) is 0 Å². The molecule has 1 saturated carbocycles. The molecule has 0 aromatic carbocycles. The van der Waals surface area contributed by atoms with Crippen LogP contribution in [0.15, 0.2) is 30.5 Å². The van der Waals surface area contributed by atoms with E-state index in [2.05, 4.69) is 30.9 Å². The molecule has 1 amide bonds. The van der Waals surface area contributed by atoms with Crippen LogP contribution in [-0.2, 0) is 4.79 Å². The molecule has 7 nitrogen and oxygen atoms in total. The topological polar surface area (TPSA) is 91.8 Å². The molecule has 0 spiro atoms. The van der Waals surface area contributed by atoms with Crippen LogP contribution in [0.2, 0.25) is 0 Å². The summed E-state index contributed by atoms with van der Waals surface area (Å²) in [7, 11) is 0. The Morgan fingerprint density at radius 2 is 1.88 bits per heavy atom. The van der Waals surface area contributed by atoms with Gasteiger partial charge in [-0.1, -0.05) is 25.3 Å². The number of pyridine rings is 1. The summed E-state index contributed by atoms with van der Waals surface area (Å²) in [5.41, 5.74) is 0. The highest BCUT2D eigenvalue weighted by Gasteiger charge is 2.20. The van der Waals surface area contributed by atoms with E-state index in [9.17, 15) is 4.79 Å². The monoisotopic (exact) mass is 354 g/mol. The van der Waals surface area contributed by atoms with E-state index in [4.69, 9.17) is 0 Å². The van der Waals surface area contributed by atoms with Gasteiger partial charge in [0.1, 0.15) is 23.3 Å². The molecule has 2 aromatic rings. The zero-order valence-corrected chi connectivity index (χ0v) is 15.2. The van der Waals surface area contributed by atoms with Crippen molar-refractivity contribution < 1.29 is 4.79 Å². The summed E-state index contributed by atoms with van der Waals surface area (Å²) in [6.07, 6.45) is 7.36. The number of aromatic nitrogens is 3. The quantitative estimate of drug-likeness (QED) is 0.662. The maximum Gasteiger partial charge on any atom is 0.223 e. The summed E-state index contributed by atoms with van der Waals surface area (Å²) in [6.45, 7) is 3.05. The fraction of sp³-hybridized carbons (Fsp3) is 0.474. The Morgan fingerprint density at radius 1 is 1.08 bits per heavy atom. The highest BCUT2D eigenvalue weighted by Crippen LogP contribution is 2.23. The molecule has 1 aliphatic carbocycles. The fourth-order valence-corrected chi connectivity index (χ4v) is 3.18. The zero-order chi connectivity index (χ0) is 18.2. The largest absolute Gasteiger partial charge is 0.368 e. The Balaban J connectivity index is 1.47. The summed E-state index contributed by atoms with van der Waals surface area (Å²) in [6, 6.07) is 7.50. The van der Waals surface area contributed by atoms with Gasteiger partial charge >= 0.3 is 0 Å². The number of anilines is 3. The molecule has 2 aromatic heterocycles. The van der Waals surface area contributed by atoms with Gasteiger partial charge < -0.3 is 16.0 Å². The van der Waals surface area contributed by atoms with Crippen LogP contribution >= 0.6 is 0 Å². The van der Waals surface area contributed by atoms with E-state index in [1.807, 2.05) is 31.2 Å². The highest BCUT2D eigenvalue weighted by molar-refractivity contribution is 5.78. The lowest BCUT2D eigenvalue weighted by molar-refractivity contribution is -0.125. The fourth-order valence-electron chi connectivity index (χ4n) is 3.18. The predicted molar refractivity (Wildman–Crippen MR) is 102 cm³/mol. The molecule has 7 heteroatoms. The minimum Gasteiger partial charge on any atom is -0.368 e. The number of nitrogens with one attached hydrogen (secondary N) is 3. The van der Waals surface area contributed by atoms with Crippen molar-refractivity contribution in [2.24, 2.45) is 5.92 Å². The van der Waals surface area contributed by atoms with Crippen LogP contribution in [0, 0.1) is 12.8 Å². The number of amides is 1. The second-order valence-corrected chi connectivity index (χ2v) is 6.58. The van der Waals surface area contributed by atoms with Gasteiger partial charge in [0.05, 0.1) is 0 Å². The Hall–Kier alpha value is -2.70. The van der Waals surface area contributed by atoms with Crippen LogP contribution in [0.25, 0.3) is 0 Å². The third kappa shape index (κ3) is 5.40.